The van der Waals surface area contributed by atoms with Crippen LogP contribution >= 0.6 is 15.9 Å². The summed E-state index contributed by atoms with van der Waals surface area (Å²) >= 11 is 3.30. The van der Waals surface area contributed by atoms with Crippen molar-refractivity contribution in [3.63, 3.8) is 0 Å². The second-order valence-electron chi connectivity index (χ2n) is 3.07. The molecule has 0 saturated heterocycles. The summed E-state index contributed by atoms with van der Waals surface area (Å²) in [6, 6.07) is 6.95. The van der Waals surface area contributed by atoms with Crippen LogP contribution in [0.15, 0.2) is 28.7 Å². The van der Waals surface area contributed by atoms with Gasteiger partial charge in [0.15, 0.2) is 0 Å². The zero-order chi connectivity index (χ0) is 11.3. The summed E-state index contributed by atoms with van der Waals surface area (Å²) in [5, 5.41) is 19.8. The van der Waals surface area contributed by atoms with Crippen molar-refractivity contribution in [1.82, 2.24) is 5.32 Å². The van der Waals surface area contributed by atoms with Gasteiger partial charge < -0.3 is 15.5 Å². The lowest BCUT2D eigenvalue weighted by Crippen LogP contribution is -2.27. The van der Waals surface area contributed by atoms with Gasteiger partial charge in [-0.05, 0) is 24.1 Å². The van der Waals surface area contributed by atoms with E-state index in [1.54, 1.807) is 0 Å². The van der Waals surface area contributed by atoms with E-state index >= 15 is 0 Å². The molecule has 0 heterocycles. The molecule has 5 heteroatoms. The van der Waals surface area contributed by atoms with Crippen LogP contribution in [0.2, 0.25) is 0 Å². The fraction of sp³-hybridized carbons (Fsp3) is 0.300. The van der Waals surface area contributed by atoms with Gasteiger partial charge in [-0.3, -0.25) is 0 Å². The van der Waals surface area contributed by atoms with Gasteiger partial charge in [0.1, 0.15) is 0 Å². The van der Waals surface area contributed by atoms with Gasteiger partial charge in [-0.2, -0.15) is 0 Å². The number of carbonyl (C=O) groups is 1. The quantitative estimate of drug-likeness (QED) is 0.787. The maximum atomic E-state index is 10.5. The molecule has 0 bridgehead atoms. The van der Waals surface area contributed by atoms with Crippen molar-refractivity contribution >= 4 is 22.0 Å². The maximum absolute atomic E-state index is 10.5. The number of aliphatic hydroxyl groups excluding tert-OH is 1. The highest BCUT2D eigenvalue weighted by atomic mass is 79.9. The second kappa shape index (κ2) is 5.72. The summed E-state index contributed by atoms with van der Waals surface area (Å²) in [4.78, 5) is 10.5. The van der Waals surface area contributed by atoms with Crippen LogP contribution in [0.5, 0.6) is 0 Å². The van der Waals surface area contributed by atoms with E-state index in [0.29, 0.717) is 6.42 Å². The lowest BCUT2D eigenvalue weighted by molar-refractivity contribution is 0.185. The van der Waals surface area contributed by atoms with Crippen LogP contribution in [0.1, 0.15) is 18.0 Å². The van der Waals surface area contributed by atoms with E-state index in [2.05, 4.69) is 21.2 Å². The number of hydrogen-bond acceptors (Lipinski definition) is 2. The summed E-state index contributed by atoms with van der Waals surface area (Å²) in [7, 11) is 0. The van der Waals surface area contributed by atoms with Crippen LogP contribution in [0.4, 0.5) is 4.79 Å². The van der Waals surface area contributed by atoms with Gasteiger partial charge in [0.05, 0.1) is 6.04 Å². The van der Waals surface area contributed by atoms with E-state index in [-0.39, 0.29) is 12.6 Å². The van der Waals surface area contributed by atoms with E-state index in [1.165, 1.54) is 0 Å². The number of aliphatic hydroxyl groups is 1. The molecule has 0 aliphatic heterocycles. The molecule has 0 fully saturated rings. The highest BCUT2D eigenvalue weighted by molar-refractivity contribution is 9.10. The molecular weight excluding hydrogens is 262 g/mol. The average molecular weight is 274 g/mol. The first-order valence-corrected chi connectivity index (χ1v) is 5.28. The number of amides is 1. The number of rotatable bonds is 4. The third kappa shape index (κ3) is 3.89. The Morgan fingerprint density at radius 3 is 2.47 bits per heavy atom. The monoisotopic (exact) mass is 273 g/mol. The Morgan fingerprint density at radius 2 is 2.00 bits per heavy atom. The van der Waals surface area contributed by atoms with Crippen molar-refractivity contribution in [3.8, 4) is 0 Å². The first-order valence-electron chi connectivity index (χ1n) is 4.49. The zero-order valence-corrected chi connectivity index (χ0v) is 9.57. The molecule has 1 rings (SSSR count). The molecule has 0 aromatic heterocycles. The van der Waals surface area contributed by atoms with Crippen LogP contribution in [-0.2, 0) is 0 Å². The highest BCUT2D eigenvalue weighted by Crippen LogP contribution is 2.19. The Kier molecular flexibility index (Phi) is 4.58. The molecule has 0 saturated carbocycles. The summed E-state index contributed by atoms with van der Waals surface area (Å²) < 4.78 is 0.935. The summed E-state index contributed by atoms with van der Waals surface area (Å²) in [6.45, 7) is -0.0546. The standard InChI is InChI=1S/C10H12BrNO3/c11-8-3-1-7(2-4-8)9(5-6-13)12-10(14)15/h1-4,9,12-13H,5-6H2,(H,14,15)/t9-/m1/s1. The van der Waals surface area contributed by atoms with Gasteiger partial charge in [0.25, 0.3) is 0 Å². The minimum Gasteiger partial charge on any atom is -0.465 e. The predicted molar refractivity (Wildman–Crippen MR) is 59.7 cm³/mol. The van der Waals surface area contributed by atoms with Crippen LogP contribution in [0.3, 0.4) is 0 Å². The summed E-state index contributed by atoms with van der Waals surface area (Å²) in [5.74, 6) is 0. The molecule has 0 radical (unpaired) electrons. The van der Waals surface area contributed by atoms with E-state index < -0.39 is 6.09 Å². The number of benzene rings is 1. The molecule has 0 unspecified atom stereocenters. The molecule has 1 amide bonds. The van der Waals surface area contributed by atoms with Crippen molar-refractivity contribution < 1.29 is 15.0 Å². The lowest BCUT2D eigenvalue weighted by Gasteiger charge is -2.16. The lowest BCUT2D eigenvalue weighted by atomic mass is 10.0. The number of halogens is 1. The smallest absolute Gasteiger partial charge is 0.405 e. The minimum atomic E-state index is -1.09. The van der Waals surface area contributed by atoms with Gasteiger partial charge >= 0.3 is 6.09 Å². The first-order chi connectivity index (χ1) is 7.13. The molecule has 1 aromatic rings. The molecule has 0 aliphatic carbocycles. The molecule has 1 atom stereocenters. The fourth-order valence-corrected chi connectivity index (χ4v) is 1.56. The SMILES string of the molecule is O=C(O)N[C@H](CCO)c1ccc(Br)cc1. The Hall–Kier alpha value is -1.07. The van der Waals surface area contributed by atoms with Crippen molar-refractivity contribution in [1.29, 1.82) is 0 Å². The molecular formula is C10H12BrNO3. The Labute approximate surface area is 96.1 Å². The van der Waals surface area contributed by atoms with Gasteiger partial charge in [-0.25, -0.2) is 4.79 Å². The van der Waals surface area contributed by atoms with Gasteiger partial charge in [0, 0.05) is 11.1 Å². The molecule has 0 spiro atoms. The predicted octanol–water partition coefficient (Wildman–Crippen LogP) is 2.14. The normalized spacial score (nSPS) is 12.1. The Bertz CT molecular complexity index is 326. The van der Waals surface area contributed by atoms with Gasteiger partial charge in [-0.15, -0.1) is 0 Å². The van der Waals surface area contributed by atoms with Crippen LogP contribution < -0.4 is 5.32 Å². The number of nitrogens with one attached hydrogen (secondary N) is 1. The van der Waals surface area contributed by atoms with Crippen molar-refractivity contribution in [3.05, 3.63) is 34.3 Å². The third-order valence-electron chi connectivity index (χ3n) is 1.99. The molecule has 1 aromatic carbocycles. The fourth-order valence-electron chi connectivity index (χ4n) is 1.30. The number of hydrogen-bond donors (Lipinski definition) is 3. The maximum Gasteiger partial charge on any atom is 0.405 e. The zero-order valence-electron chi connectivity index (χ0n) is 7.98. The van der Waals surface area contributed by atoms with E-state index in [4.69, 9.17) is 10.2 Å². The second-order valence-corrected chi connectivity index (χ2v) is 3.98. The van der Waals surface area contributed by atoms with Gasteiger partial charge in [-0.1, -0.05) is 28.1 Å². The van der Waals surface area contributed by atoms with E-state index in [1.807, 2.05) is 24.3 Å². The largest absolute Gasteiger partial charge is 0.465 e. The molecule has 15 heavy (non-hydrogen) atoms. The highest BCUT2D eigenvalue weighted by Gasteiger charge is 2.12. The first kappa shape index (κ1) is 12.0. The molecule has 82 valence electrons. The third-order valence-corrected chi connectivity index (χ3v) is 2.52. The topological polar surface area (TPSA) is 69.6 Å². The van der Waals surface area contributed by atoms with Crippen molar-refractivity contribution in [2.24, 2.45) is 0 Å². The van der Waals surface area contributed by atoms with Crippen LogP contribution in [0.25, 0.3) is 0 Å². The summed E-state index contributed by atoms with van der Waals surface area (Å²) in [5.41, 5.74) is 0.842. The van der Waals surface area contributed by atoms with Crippen LogP contribution in [0, 0.1) is 0 Å². The molecule has 3 N–H and O–H groups in total. The van der Waals surface area contributed by atoms with Gasteiger partial charge in [0.2, 0.25) is 0 Å². The van der Waals surface area contributed by atoms with E-state index in [0.717, 1.165) is 10.0 Å². The minimum absolute atomic E-state index is 0.0546. The van der Waals surface area contributed by atoms with Crippen molar-refractivity contribution in [2.75, 3.05) is 6.61 Å². The molecule has 4 nitrogen and oxygen atoms in total. The molecule has 0 aliphatic rings. The average Bonchev–Trinajstić information content (AvgIpc) is 2.17. The Balaban J connectivity index is 2.78. The summed E-state index contributed by atoms with van der Waals surface area (Å²) in [6.07, 6.45) is -0.718. The number of carboxylic acid groups (broad SMARTS) is 1. The van der Waals surface area contributed by atoms with Crippen molar-refractivity contribution in [2.45, 2.75) is 12.5 Å². The Morgan fingerprint density at radius 1 is 1.40 bits per heavy atom. The van der Waals surface area contributed by atoms with Crippen LogP contribution in [-0.4, -0.2) is 22.9 Å². The van der Waals surface area contributed by atoms with E-state index in [9.17, 15) is 4.79 Å².